The van der Waals surface area contributed by atoms with Crippen molar-refractivity contribution in [1.29, 1.82) is 5.26 Å². The van der Waals surface area contributed by atoms with Crippen molar-refractivity contribution in [2.75, 3.05) is 5.73 Å². The highest BCUT2D eigenvalue weighted by atomic mass is 35.5. The lowest BCUT2D eigenvalue weighted by molar-refractivity contribution is 0.813. The molecule has 0 unspecified atom stereocenters. The zero-order valence-corrected chi connectivity index (χ0v) is 11.0. The van der Waals surface area contributed by atoms with Crippen molar-refractivity contribution in [2.24, 2.45) is 0 Å². The molecule has 0 aliphatic heterocycles. The lowest BCUT2D eigenvalue weighted by Crippen LogP contribution is -2.01. The maximum absolute atomic E-state index is 8.91. The van der Waals surface area contributed by atoms with Crippen LogP contribution < -0.4 is 5.73 Å². The normalized spacial score (nSPS) is 10.6. The lowest BCUT2D eigenvalue weighted by atomic mass is 10.1. The quantitative estimate of drug-likeness (QED) is 0.726. The van der Waals surface area contributed by atoms with Gasteiger partial charge in [-0.15, -0.1) is 0 Å². The van der Waals surface area contributed by atoms with E-state index in [0.29, 0.717) is 23.3 Å². The molecular formula is C13H9ClN6. The summed E-state index contributed by atoms with van der Waals surface area (Å²) < 4.78 is 1.82. The van der Waals surface area contributed by atoms with E-state index in [2.05, 4.69) is 21.0 Å². The van der Waals surface area contributed by atoms with Crippen LogP contribution in [-0.4, -0.2) is 19.5 Å². The Balaban J connectivity index is 2.05. The monoisotopic (exact) mass is 284 g/mol. The summed E-state index contributed by atoms with van der Waals surface area (Å²) in [5.74, 6) is 0.254. The molecular weight excluding hydrogens is 276 g/mol. The first-order chi connectivity index (χ1) is 9.67. The summed E-state index contributed by atoms with van der Waals surface area (Å²) in [5, 5.41) is 8.99. The van der Waals surface area contributed by atoms with Crippen LogP contribution in [0, 0.1) is 11.3 Å². The van der Waals surface area contributed by atoms with Gasteiger partial charge in [0.2, 0.25) is 5.28 Å². The Morgan fingerprint density at radius 3 is 3.00 bits per heavy atom. The van der Waals surface area contributed by atoms with E-state index in [1.807, 2.05) is 22.8 Å². The highest BCUT2D eigenvalue weighted by Gasteiger charge is 2.10. The van der Waals surface area contributed by atoms with Crippen molar-refractivity contribution in [2.45, 2.75) is 6.54 Å². The Morgan fingerprint density at radius 2 is 2.20 bits per heavy atom. The van der Waals surface area contributed by atoms with Crippen molar-refractivity contribution in [1.82, 2.24) is 19.5 Å². The van der Waals surface area contributed by atoms with Crippen LogP contribution in [0.2, 0.25) is 5.28 Å². The van der Waals surface area contributed by atoms with Crippen LogP contribution in [-0.2, 0) is 6.54 Å². The third kappa shape index (κ3) is 2.15. The van der Waals surface area contributed by atoms with E-state index in [-0.39, 0.29) is 11.1 Å². The minimum Gasteiger partial charge on any atom is -0.382 e. The predicted molar refractivity (Wildman–Crippen MR) is 75.0 cm³/mol. The molecule has 3 rings (SSSR count). The Bertz CT molecular complexity index is 832. The van der Waals surface area contributed by atoms with Crippen LogP contribution in [0.4, 0.5) is 5.82 Å². The minimum absolute atomic E-state index is 0.0857. The average molecular weight is 285 g/mol. The number of aromatic nitrogens is 4. The molecule has 0 bridgehead atoms. The summed E-state index contributed by atoms with van der Waals surface area (Å²) in [6.07, 6.45) is 1.63. The smallest absolute Gasteiger partial charge is 0.226 e. The zero-order valence-electron chi connectivity index (χ0n) is 10.3. The van der Waals surface area contributed by atoms with E-state index in [9.17, 15) is 0 Å². The molecule has 0 radical (unpaired) electrons. The SMILES string of the molecule is N#Cc1cccc(Cn2cnc3c(N)nc(Cl)nc32)c1. The highest BCUT2D eigenvalue weighted by molar-refractivity contribution is 6.28. The second-order valence-electron chi connectivity index (χ2n) is 4.23. The molecule has 0 amide bonds. The Kier molecular flexibility index (Phi) is 2.97. The van der Waals surface area contributed by atoms with Crippen molar-refractivity contribution in [3.63, 3.8) is 0 Å². The van der Waals surface area contributed by atoms with Gasteiger partial charge in [-0.25, -0.2) is 4.98 Å². The predicted octanol–water partition coefficient (Wildman–Crippen LogP) is 1.98. The minimum atomic E-state index is 0.0857. The van der Waals surface area contributed by atoms with E-state index >= 15 is 0 Å². The molecule has 98 valence electrons. The van der Waals surface area contributed by atoms with E-state index < -0.39 is 0 Å². The van der Waals surface area contributed by atoms with Crippen molar-refractivity contribution >= 4 is 28.6 Å². The fraction of sp³-hybridized carbons (Fsp3) is 0.0769. The van der Waals surface area contributed by atoms with E-state index in [4.69, 9.17) is 22.6 Å². The zero-order chi connectivity index (χ0) is 14.1. The number of rotatable bonds is 2. The Hall–Kier alpha value is -2.65. The molecule has 0 atom stereocenters. The van der Waals surface area contributed by atoms with Crippen LogP contribution >= 0.6 is 11.6 Å². The van der Waals surface area contributed by atoms with Gasteiger partial charge in [0.25, 0.3) is 0 Å². The number of nitrogens with zero attached hydrogens (tertiary/aromatic N) is 5. The first kappa shape index (κ1) is 12.4. The van der Waals surface area contributed by atoms with Gasteiger partial charge >= 0.3 is 0 Å². The summed E-state index contributed by atoms with van der Waals surface area (Å²) in [5.41, 5.74) is 8.43. The number of nitrogen functional groups attached to an aromatic ring is 1. The Morgan fingerprint density at radius 1 is 1.35 bits per heavy atom. The summed E-state index contributed by atoms with van der Waals surface area (Å²) in [4.78, 5) is 12.2. The van der Waals surface area contributed by atoms with Crippen LogP contribution in [0.5, 0.6) is 0 Å². The highest BCUT2D eigenvalue weighted by Crippen LogP contribution is 2.19. The maximum Gasteiger partial charge on any atom is 0.226 e. The lowest BCUT2D eigenvalue weighted by Gasteiger charge is -2.04. The van der Waals surface area contributed by atoms with Crippen LogP contribution in [0.15, 0.2) is 30.6 Å². The number of hydrogen-bond donors (Lipinski definition) is 1. The van der Waals surface area contributed by atoms with Gasteiger partial charge in [0.1, 0.15) is 5.52 Å². The summed E-state index contributed by atoms with van der Waals surface area (Å²) in [7, 11) is 0. The van der Waals surface area contributed by atoms with Gasteiger partial charge < -0.3 is 10.3 Å². The topological polar surface area (TPSA) is 93.4 Å². The van der Waals surface area contributed by atoms with E-state index in [1.54, 1.807) is 12.4 Å². The number of nitriles is 1. The number of nitrogens with two attached hydrogens (primary N) is 1. The molecule has 0 saturated carbocycles. The van der Waals surface area contributed by atoms with Crippen molar-refractivity contribution in [3.8, 4) is 6.07 Å². The molecule has 0 fully saturated rings. The third-order valence-electron chi connectivity index (χ3n) is 2.87. The first-order valence-electron chi connectivity index (χ1n) is 5.80. The molecule has 0 aliphatic carbocycles. The number of anilines is 1. The molecule has 0 saturated heterocycles. The second-order valence-corrected chi connectivity index (χ2v) is 4.57. The van der Waals surface area contributed by atoms with Gasteiger partial charge in [0, 0.05) is 0 Å². The largest absolute Gasteiger partial charge is 0.382 e. The van der Waals surface area contributed by atoms with Gasteiger partial charge in [-0.1, -0.05) is 12.1 Å². The number of benzene rings is 1. The van der Waals surface area contributed by atoms with E-state index in [1.165, 1.54) is 0 Å². The van der Waals surface area contributed by atoms with Gasteiger partial charge in [0.05, 0.1) is 24.5 Å². The van der Waals surface area contributed by atoms with Crippen molar-refractivity contribution < 1.29 is 0 Å². The Labute approximate surface area is 119 Å². The summed E-state index contributed by atoms with van der Waals surface area (Å²) in [6, 6.07) is 9.45. The molecule has 0 aliphatic rings. The molecule has 3 aromatic rings. The average Bonchev–Trinajstić information content (AvgIpc) is 2.82. The van der Waals surface area contributed by atoms with Crippen molar-refractivity contribution in [3.05, 3.63) is 47.0 Å². The number of imidazole rings is 1. The first-order valence-corrected chi connectivity index (χ1v) is 6.18. The fourth-order valence-corrected chi connectivity index (χ4v) is 2.16. The molecule has 6 nitrogen and oxygen atoms in total. The van der Waals surface area contributed by atoms with Crippen LogP contribution in [0.1, 0.15) is 11.1 Å². The van der Waals surface area contributed by atoms with Gasteiger partial charge in [-0.05, 0) is 29.3 Å². The van der Waals surface area contributed by atoms with E-state index in [0.717, 1.165) is 5.56 Å². The maximum atomic E-state index is 8.91. The number of hydrogen-bond acceptors (Lipinski definition) is 5. The summed E-state index contributed by atoms with van der Waals surface area (Å²) in [6.45, 7) is 0.527. The number of fused-ring (bicyclic) bond motifs is 1. The third-order valence-corrected chi connectivity index (χ3v) is 3.04. The van der Waals surface area contributed by atoms with Gasteiger partial charge in [-0.3, -0.25) is 0 Å². The second kappa shape index (κ2) is 4.79. The molecule has 2 aromatic heterocycles. The van der Waals surface area contributed by atoms with Gasteiger partial charge in [0.15, 0.2) is 11.5 Å². The fourth-order valence-electron chi connectivity index (χ4n) is 1.99. The molecule has 1 aromatic carbocycles. The summed E-state index contributed by atoms with van der Waals surface area (Å²) >= 11 is 5.82. The van der Waals surface area contributed by atoms with Crippen LogP contribution in [0.25, 0.3) is 11.2 Å². The van der Waals surface area contributed by atoms with Crippen LogP contribution in [0.3, 0.4) is 0 Å². The molecule has 20 heavy (non-hydrogen) atoms. The van der Waals surface area contributed by atoms with Gasteiger partial charge in [-0.2, -0.15) is 15.2 Å². The molecule has 7 heteroatoms. The standard InChI is InChI=1S/C13H9ClN6/c14-13-18-11(16)10-12(19-13)20(7-17-10)6-9-3-1-2-8(4-9)5-15/h1-4,7H,6H2,(H2,16,18,19). The number of halogens is 1. The molecule has 0 spiro atoms. The molecule has 2 heterocycles. The molecule has 2 N–H and O–H groups in total.